The summed E-state index contributed by atoms with van der Waals surface area (Å²) in [5, 5.41) is 202. The number of ether oxygens (including phenoxy) is 12. The van der Waals surface area contributed by atoms with Gasteiger partial charge in [-0.2, -0.15) is 0 Å². The fourth-order valence-corrected chi connectivity index (χ4v) is 8.93. The molecule has 0 aromatic carbocycles. The third-order valence-corrected chi connectivity index (χ3v) is 13.0. The van der Waals surface area contributed by atoms with Crippen LogP contribution in [0.5, 0.6) is 0 Å². The fourth-order valence-electron chi connectivity index (χ4n) is 8.93. The molecule has 6 aliphatic heterocycles. The largest absolute Gasteiger partial charge is 0.394 e. The Kier molecular flexibility index (Phi) is 21.7. The van der Waals surface area contributed by atoms with Gasteiger partial charge in [0, 0.05) is 0 Å². The van der Waals surface area contributed by atoms with E-state index >= 15 is 0 Å². The number of aliphatic hydroxyl groups excluding tert-OH is 19. The summed E-state index contributed by atoms with van der Waals surface area (Å²) in [6, 6.07) is 0. The minimum atomic E-state index is -2.17. The van der Waals surface area contributed by atoms with E-state index in [0.717, 1.165) is 0 Å². The van der Waals surface area contributed by atoms with Crippen LogP contribution < -0.4 is 5.73 Å². The van der Waals surface area contributed by atoms with Crippen molar-refractivity contribution in [3.8, 4) is 0 Å². The standard InChI is InChI=1S/C39H69NO31/c40-2-1-3-60-34-24(55)18(49)29(11(5-42)62-34)68-36-26(57)20(51)31(13(7-44)64-36)70-38-28(59)22(53)33(15(9-46)66-38)71-39-27(58)21(52)32(14(8-45)65-39)69-37-25(56)19(50)30(12(6-43)63-37)67-35-23(54)17(48)16(47)10(4-41)61-35/h10-39,41-59H,1-9,40H2/t10-,11-,12-,13-,14-,15-,16-,17+,18-,19-,20-,21-,22-,23-,24-,25-,26-,27-,28-,29-,30+,31+,32-,33-,34-,35-,36-,37-,38-,39+/m1/s1. The van der Waals surface area contributed by atoms with Gasteiger partial charge in [0.2, 0.25) is 0 Å². The second-order valence-corrected chi connectivity index (χ2v) is 17.7. The highest BCUT2D eigenvalue weighted by molar-refractivity contribution is 5.00. The molecule has 0 radical (unpaired) electrons. The minimum Gasteiger partial charge on any atom is -0.394 e. The van der Waals surface area contributed by atoms with Crippen molar-refractivity contribution in [2.45, 2.75) is 191 Å². The number of nitrogens with two attached hydrogens (primary N) is 1. The lowest BCUT2D eigenvalue weighted by atomic mass is 9.95. The average molecular weight is 1050 g/mol. The molecule has 71 heavy (non-hydrogen) atoms. The Morgan fingerprint density at radius 2 is 0.507 bits per heavy atom. The lowest BCUT2D eigenvalue weighted by Gasteiger charge is -2.50. The second-order valence-electron chi connectivity index (χ2n) is 17.7. The van der Waals surface area contributed by atoms with E-state index in [4.69, 9.17) is 62.6 Å². The van der Waals surface area contributed by atoms with Crippen molar-refractivity contribution in [3.05, 3.63) is 0 Å². The molecule has 0 amide bonds. The quantitative estimate of drug-likeness (QED) is 0.0504. The van der Waals surface area contributed by atoms with Crippen LogP contribution in [-0.4, -0.2) is 334 Å². The molecule has 0 aromatic rings. The Morgan fingerprint density at radius 1 is 0.282 bits per heavy atom. The van der Waals surface area contributed by atoms with Gasteiger partial charge >= 0.3 is 0 Å². The Balaban J connectivity index is 1.06. The van der Waals surface area contributed by atoms with Gasteiger partial charge in [0.25, 0.3) is 0 Å². The van der Waals surface area contributed by atoms with Gasteiger partial charge in [-0.3, -0.25) is 0 Å². The Hall–Kier alpha value is -1.28. The van der Waals surface area contributed by atoms with E-state index in [1.54, 1.807) is 0 Å². The molecule has 6 fully saturated rings. The molecular formula is C39H69NO31. The summed E-state index contributed by atoms with van der Waals surface area (Å²) in [6.07, 6.45) is -55.0. The van der Waals surface area contributed by atoms with Crippen molar-refractivity contribution >= 4 is 0 Å². The van der Waals surface area contributed by atoms with Gasteiger partial charge < -0.3 is 160 Å². The third kappa shape index (κ3) is 12.6. The molecule has 32 heteroatoms. The molecule has 6 aliphatic rings. The van der Waals surface area contributed by atoms with Crippen LogP contribution in [0.25, 0.3) is 0 Å². The van der Waals surface area contributed by atoms with E-state index in [2.05, 4.69) is 0 Å². The van der Waals surface area contributed by atoms with Crippen LogP contribution in [-0.2, 0) is 56.8 Å². The highest BCUT2D eigenvalue weighted by Gasteiger charge is 2.57. The van der Waals surface area contributed by atoms with Gasteiger partial charge in [-0.15, -0.1) is 0 Å². The number of rotatable bonds is 20. The molecule has 6 rings (SSSR count). The predicted octanol–water partition coefficient (Wildman–Crippen LogP) is -13.7. The average Bonchev–Trinajstić information content (AvgIpc) is 3.36. The first kappa shape index (κ1) is 59.0. The smallest absolute Gasteiger partial charge is 0.187 e. The zero-order valence-corrected chi connectivity index (χ0v) is 37.7. The lowest BCUT2D eigenvalue weighted by Crippen LogP contribution is -2.68. The van der Waals surface area contributed by atoms with Crippen LogP contribution >= 0.6 is 0 Å². The molecule has 6 saturated heterocycles. The van der Waals surface area contributed by atoms with Crippen molar-refractivity contribution < 1.29 is 154 Å². The molecule has 0 unspecified atom stereocenters. The normalized spacial score (nSPS) is 51.0. The van der Waals surface area contributed by atoms with Crippen LogP contribution in [0.15, 0.2) is 0 Å². The Labute approximate surface area is 402 Å². The highest BCUT2D eigenvalue weighted by Crippen LogP contribution is 2.37. The first-order chi connectivity index (χ1) is 33.8. The zero-order chi connectivity index (χ0) is 52.2. The summed E-state index contributed by atoms with van der Waals surface area (Å²) >= 11 is 0. The molecule has 30 atom stereocenters. The highest BCUT2D eigenvalue weighted by atomic mass is 16.8. The minimum absolute atomic E-state index is 0.0360. The summed E-state index contributed by atoms with van der Waals surface area (Å²) < 4.78 is 66.9. The van der Waals surface area contributed by atoms with Crippen LogP contribution in [0.2, 0.25) is 0 Å². The maximum atomic E-state index is 11.3. The van der Waals surface area contributed by atoms with Crippen molar-refractivity contribution in [1.29, 1.82) is 0 Å². The fraction of sp³-hybridized carbons (Fsp3) is 1.00. The summed E-state index contributed by atoms with van der Waals surface area (Å²) in [4.78, 5) is 0. The molecule has 32 nitrogen and oxygen atoms in total. The molecule has 21 N–H and O–H groups in total. The SMILES string of the molecule is NCCCO[C@@H]1O[C@H](CO)[C@@H](O[C@H]2O[C@H](CO)[C@H](O[C@H]3O[C@H](CO)[C@@H](O[C@@H]4O[C@H](CO)[C@@H](O[C@H]5O[C@H](CO)[C@H](O[C@H]6O[C@H](CO)[C@@H](O)[C@H](O)[C@H]6O)[C@H](O)[C@H]5O)[C@H](O)[C@H]4O)[C@H](O)[C@H]3O)[C@H](O)[C@H]2O)[C@H](O)[C@H]1O. The van der Waals surface area contributed by atoms with Crippen molar-refractivity contribution in [2.75, 3.05) is 52.8 Å². The van der Waals surface area contributed by atoms with Gasteiger partial charge in [0.05, 0.1) is 46.2 Å². The molecule has 6 heterocycles. The topological polar surface area (TPSA) is 521 Å². The summed E-state index contributed by atoms with van der Waals surface area (Å²) in [6.45, 7) is -5.29. The molecule has 0 spiro atoms. The van der Waals surface area contributed by atoms with Gasteiger partial charge in [0.1, 0.15) is 146 Å². The maximum Gasteiger partial charge on any atom is 0.187 e. The van der Waals surface area contributed by atoms with Crippen molar-refractivity contribution in [1.82, 2.24) is 0 Å². The summed E-state index contributed by atoms with van der Waals surface area (Å²) in [5.41, 5.74) is 5.45. The van der Waals surface area contributed by atoms with Gasteiger partial charge in [-0.05, 0) is 13.0 Å². The van der Waals surface area contributed by atoms with Gasteiger partial charge in [0.15, 0.2) is 37.7 Å². The second kappa shape index (κ2) is 26.2. The third-order valence-electron chi connectivity index (χ3n) is 13.0. The van der Waals surface area contributed by atoms with E-state index in [1.165, 1.54) is 0 Å². The lowest BCUT2D eigenvalue weighted by molar-refractivity contribution is -0.396. The van der Waals surface area contributed by atoms with Crippen LogP contribution in [0.1, 0.15) is 6.42 Å². The Bertz CT molecular complexity index is 1570. The maximum absolute atomic E-state index is 11.3. The van der Waals surface area contributed by atoms with Crippen LogP contribution in [0.4, 0.5) is 0 Å². The van der Waals surface area contributed by atoms with Crippen LogP contribution in [0.3, 0.4) is 0 Å². The van der Waals surface area contributed by atoms with Crippen molar-refractivity contribution in [2.24, 2.45) is 5.73 Å². The molecule has 0 bridgehead atoms. The van der Waals surface area contributed by atoms with Gasteiger partial charge in [-0.25, -0.2) is 0 Å². The van der Waals surface area contributed by atoms with Gasteiger partial charge in [-0.1, -0.05) is 0 Å². The van der Waals surface area contributed by atoms with E-state index in [-0.39, 0.29) is 13.2 Å². The molecule has 0 saturated carbocycles. The Morgan fingerprint density at radius 3 is 0.761 bits per heavy atom. The molecular weight excluding hydrogens is 978 g/mol. The zero-order valence-electron chi connectivity index (χ0n) is 37.7. The van der Waals surface area contributed by atoms with E-state index in [9.17, 15) is 97.0 Å². The van der Waals surface area contributed by atoms with Crippen LogP contribution in [0, 0.1) is 0 Å². The number of aliphatic hydroxyl groups is 19. The number of hydrogen-bond donors (Lipinski definition) is 20. The summed E-state index contributed by atoms with van der Waals surface area (Å²) in [7, 11) is 0. The van der Waals surface area contributed by atoms with E-state index in [0.29, 0.717) is 6.42 Å². The first-order valence-electron chi connectivity index (χ1n) is 22.8. The monoisotopic (exact) mass is 1050 g/mol. The number of hydrogen-bond acceptors (Lipinski definition) is 32. The van der Waals surface area contributed by atoms with E-state index in [1.807, 2.05) is 0 Å². The summed E-state index contributed by atoms with van der Waals surface area (Å²) in [5.74, 6) is 0. The molecule has 0 aromatic heterocycles. The first-order valence-corrected chi connectivity index (χ1v) is 22.8. The van der Waals surface area contributed by atoms with E-state index < -0.39 is 224 Å². The van der Waals surface area contributed by atoms with Crippen molar-refractivity contribution in [3.63, 3.8) is 0 Å². The molecule has 416 valence electrons. The molecule has 0 aliphatic carbocycles. The predicted molar refractivity (Wildman–Crippen MR) is 217 cm³/mol.